The second-order valence-corrected chi connectivity index (χ2v) is 19.8. The number of anilines is 3. The lowest BCUT2D eigenvalue weighted by atomic mass is 9.34. The quantitative estimate of drug-likeness (QED) is 0.172. The van der Waals surface area contributed by atoms with Gasteiger partial charge in [-0.05, 0) is 67.1 Å². The van der Waals surface area contributed by atoms with E-state index in [1.807, 2.05) is 0 Å². The van der Waals surface area contributed by atoms with Gasteiger partial charge in [0.05, 0.1) is 16.7 Å². The van der Waals surface area contributed by atoms with Gasteiger partial charge in [0.2, 0.25) is 6.71 Å². The van der Waals surface area contributed by atoms with E-state index in [9.17, 15) is 0 Å². The molecular weight excluding hydrogens is 679 g/mol. The van der Waals surface area contributed by atoms with Crippen LogP contribution in [0.3, 0.4) is 0 Å². The number of nitrogens with zero attached hydrogens (tertiary/aromatic N) is 2. The van der Waals surface area contributed by atoms with Gasteiger partial charge in [-0.3, -0.25) is 0 Å². The van der Waals surface area contributed by atoms with Crippen LogP contribution in [-0.4, -0.2) is 19.4 Å². The number of rotatable bonds is 4. The molecule has 258 valence electrons. The van der Waals surface area contributed by atoms with Crippen molar-refractivity contribution in [2.45, 2.75) is 19.3 Å². The molecule has 9 aromatic rings. The number of benzene rings is 8. The Morgan fingerprint density at radius 2 is 1.00 bits per heavy atom. The molecule has 3 aliphatic rings. The van der Waals surface area contributed by atoms with E-state index >= 15 is 0 Å². The van der Waals surface area contributed by atoms with Crippen LogP contribution in [0, 0.1) is 0 Å². The summed E-state index contributed by atoms with van der Waals surface area (Å²) in [6.07, 6.45) is 0. The summed E-state index contributed by atoms with van der Waals surface area (Å²) in [5.41, 5.74) is 14.4. The Morgan fingerprint density at radius 3 is 1.64 bits per heavy atom. The minimum atomic E-state index is -2.98. The van der Waals surface area contributed by atoms with E-state index in [0.717, 1.165) is 0 Å². The summed E-state index contributed by atoms with van der Waals surface area (Å²) < 4.78 is 2.53. The van der Waals surface area contributed by atoms with Crippen LogP contribution >= 0.6 is 0 Å². The first-order chi connectivity index (χ1) is 27.1. The van der Waals surface area contributed by atoms with Crippen molar-refractivity contribution in [3.05, 3.63) is 199 Å². The summed E-state index contributed by atoms with van der Waals surface area (Å²) in [7, 11) is -2.98. The summed E-state index contributed by atoms with van der Waals surface area (Å²) in [4.78, 5) is 2.72. The van der Waals surface area contributed by atoms with Gasteiger partial charge in [-0.2, -0.15) is 0 Å². The SMILES string of the molecule is CC1(C)c2cccc3c2N2c4c(cccc4[Si](c4ccccc4)(c4ccccc4)c4cc(-n5c6ccccc6c6ccccc65)cc1c42)B3c1ccccc1. The molecule has 1 aromatic heterocycles. The van der Waals surface area contributed by atoms with Gasteiger partial charge in [-0.1, -0.05) is 183 Å². The van der Waals surface area contributed by atoms with Crippen molar-refractivity contribution in [2.75, 3.05) is 4.90 Å². The topological polar surface area (TPSA) is 8.17 Å². The molecule has 0 atom stereocenters. The van der Waals surface area contributed by atoms with Crippen LogP contribution in [-0.2, 0) is 5.41 Å². The molecule has 4 heterocycles. The van der Waals surface area contributed by atoms with E-state index in [1.54, 1.807) is 0 Å². The Balaban J connectivity index is 1.31. The van der Waals surface area contributed by atoms with Crippen LogP contribution in [0.4, 0.5) is 17.1 Å². The molecule has 12 rings (SSSR count). The van der Waals surface area contributed by atoms with Crippen molar-refractivity contribution in [3.63, 3.8) is 0 Å². The number of hydrogen-bond acceptors (Lipinski definition) is 1. The van der Waals surface area contributed by atoms with Crippen LogP contribution < -0.4 is 42.0 Å². The average Bonchev–Trinajstić information content (AvgIpc) is 3.58. The van der Waals surface area contributed by atoms with E-state index in [-0.39, 0.29) is 12.1 Å². The van der Waals surface area contributed by atoms with Crippen LogP contribution in [0.1, 0.15) is 25.0 Å². The number of hydrogen-bond donors (Lipinski definition) is 0. The maximum atomic E-state index is 2.72. The smallest absolute Gasteiger partial charge is 0.246 e. The van der Waals surface area contributed by atoms with Crippen molar-refractivity contribution in [2.24, 2.45) is 0 Å². The fraction of sp³-hybridized carbons (Fsp3) is 0.0588. The molecule has 55 heavy (non-hydrogen) atoms. The van der Waals surface area contributed by atoms with Gasteiger partial charge >= 0.3 is 0 Å². The highest BCUT2D eigenvalue weighted by Crippen LogP contribution is 2.54. The minimum absolute atomic E-state index is 0.122. The molecule has 0 radical (unpaired) electrons. The van der Waals surface area contributed by atoms with E-state index < -0.39 is 8.07 Å². The second kappa shape index (κ2) is 11.1. The largest absolute Gasteiger partial charge is 0.311 e. The molecule has 0 bridgehead atoms. The van der Waals surface area contributed by atoms with E-state index in [0.29, 0.717) is 0 Å². The lowest BCUT2D eigenvalue weighted by Crippen LogP contribution is -2.79. The predicted octanol–water partition coefficient (Wildman–Crippen LogP) is 7.41. The van der Waals surface area contributed by atoms with Gasteiger partial charge in [0.15, 0.2) is 8.07 Å². The highest BCUT2D eigenvalue weighted by molar-refractivity contribution is 7.22. The first-order valence-electron chi connectivity index (χ1n) is 19.5. The van der Waals surface area contributed by atoms with Crippen LogP contribution in [0.2, 0.25) is 0 Å². The number of fused-ring (bicyclic) bond motifs is 3. The summed E-state index contributed by atoms with van der Waals surface area (Å²) in [6, 6.07) is 71.6. The zero-order valence-electron chi connectivity index (χ0n) is 30.9. The highest BCUT2D eigenvalue weighted by atomic mass is 28.3. The molecule has 0 aliphatic carbocycles. The summed E-state index contributed by atoms with van der Waals surface area (Å²) in [5, 5.41) is 8.30. The van der Waals surface area contributed by atoms with Gasteiger partial charge in [-0.15, -0.1) is 0 Å². The van der Waals surface area contributed by atoms with Gasteiger partial charge < -0.3 is 9.47 Å². The monoisotopic (exact) mass is 716 g/mol. The molecular formula is C51H37BN2Si. The van der Waals surface area contributed by atoms with E-state index in [1.165, 1.54) is 92.8 Å². The van der Waals surface area contributed by atoms with Crippen LogP contribution in [0.25, 0.3) is 27.5 Å². The Hall–Kier alpha value is -6.36. The Kier molecular flexibility index (Phi) is 6.26. The molecule has 2 nitrogen and oxygen atoms in total. The lowest BCUT2D eigenvalue weighted by molar-refractivity contribution is 0.632. The predicted molar refractivity (Wildman–Crippen MR) is 236 cm³/mol. The summed E-state index contributed by atoms with van der Waals surface area (Å²) >= 11 is 0. The molecule has 0 amide bonds. The Morgan fingerprint density at radius 1 is 0.455 bits per heavy atom. The maximum absolute atomic E-state index is 2.98. The fourth-order valence-electron chi connectivity index (χ4n) is 10.8. The number of aromatic nitrogens is 1. The zero-order chi connectivity index (χ0) is 36.5. The molecule has 0 saturated carbocycles. The van der Waals surface area contributed by atoms with Gasteiger partial charge in [0, 0.05) is 33.2 Å². The first-order valence-corrected chi connectivity index (χ1v) is 21.5. The molecule has 0 fully saturated rings. The summed E-state index contributed by atoms with van der Waals surface area (Å²) in [5.74, 6) is 0. The third kappa shape index (κ3) is 3.89. The van der Waals surface area contributed by atoms with Crippen molar-refractivity contribution >= 4 is 90.8 Å². The van der Waals surface area contributed by atoms with Gasteiger partial charge in [0.1, 0.15) is 0 Å². The minimum Gasteiger partial charge on any atom is -0.311 e. The molecule has 8 aromatic carbocycles. The number of para-hydroxylation sites is 4. The average molecular weight is 717 g/mol. The van der Waals surface area contributed by atoms with Crippen LogP contribution in [0.15, 0.2) is 188 Å². The van der Waals surface area contributed by atoms with Crippen molar-refractivity contribution < 1.29 is 0 Å². The Labute approximate surface area is 323 Å². The molecule has 4 heteroatoms. The molecule has 0 saturated heterocycles. The van der Waals surface area contributed by atoms with Crippen molar-refractivity contribution in [1.29, 1.82) is 0 Å². The van der Waals surface area contributed by atoms with E-state index in [2.05, 4.69) is 211 Å². The van der Waals surface area contributed by atoms with Crippen molar-refractivity contribution in [3.8, 4) is 5.69 Å². The zero-order valence-corrected chi connectivity index (χ0v) is 31.9. The molecule has 0 N–H and O–H groups in total. The lowest BCUT2D eigenvalue weighted by Gasteiger charge is -2.54. The Bertz CT molecular complexity index is 2930. The van der Waals surface area contributed by atoms with Crippen molar-refractivity contribution in [1.82, 2.24) is 4.57 Å². The molecule has 0 spiro atoms. The fourth-order valence-corrected chi connectivity index (χ4v) is 16.0. The van der Waals surface area contributed by atoms with Crippen LogP contribution in [0.5, 0.6) is 0 Å². The molecule has 0 unspecified atom stereocenters. The maximum Gasteiger partial charge on any atom is 0.246 e. The van der Waals surface area contributed by atoms with Gasteiger partial charge in [-0.25, -0.2) is 0 Å². The standard InChI is InChI=1S/C51H37BN2Si/c1-51(2)40-26-16-27-42-48(40)54-49-41(51)32-35(53-44-29-14-12-24-38(44)39-25-13-15-30-45(39)53)33-47(49)55(36-20-8-4-9-21-36,37-22-10-5-11-23-37)46-31-17-28-43(50(46)54)52(42)34-18-6-3-7-19-34/h3-33H,1-2H3. The molecule has 3 aliphatic heterocycles. The summed E-state index contributed by atoms with van der Waals surface area (Å²) in [6.45, 7) is 5.05. The second-order valence-electron chi connectivity index (χ2n) is 16.0. The third-order valence-electron chi connectivity index (χ3n) is 13.1. The normalized spacial score (nSPS) is 15.3. The van der Waals surface area contributed by atoms with E-state index in [4.69, 9.17) is 0 Å². The first kappa shape index (κ1) is 31.0. The third-order valence-corrected chi connectivity index (χ3v) is 17.9. The van der Waals surface area contributed by atoms with Gasteiger partial charge in [0.25, 0.3) is 0 Å². The highest BCUT2D eigenvalue weighted by Gasteiger charge is 2.56.